The zero-order valence-corrected chi connectivity index (χ0v) is 25.4. The summed E-state index contributed by atoms with van der Waals surface area (Å²) < 4.78 is 5.71. The van der Waals surface area contributed by atoms with Gasteiger partial charge in [0.1, 0.15) is 33.4 Å². The molecule has 0 fully saturated rings. The predicted octanol–water partition coefficient (Wildman–Crippen LogP) is 4.60. The maximum absolute atomic E-state index is 13.3. The number of esters is 1. The van der Waals surface area contributed by atoms with Gasteiger partial charge >= 0.3 is 5.97 Å². The lowest BCUT2D eigenvalue weighted by atomic mass is 10.0. The Kier molecular flexibility index (Phi) is 12.1. The highest BCUT2D eigenvalue weighted by molar-refractivity contribution is 8.16. The molecule has 0 spiro atoms. The number of unbranched alkanes of at least 4 members (excludes halogenated alkanes) is 4. The number of fused-ring (bicyclic) bond motifs is 4. The topological polar surface area (TPSA) is 127 Å². The van der Waals surface area contributed by atoms with Crippen molar-refractivity contribution in [2.45, 2.75) is 96.9 Å². The van der Waals surface area contributed by atoms with E-state index in [1.165, 1.54) is 29.5 Å². The molecular formula is C27H38N4O5S3. The summed E-state index contributed by atoms with van der Waals surface area (Å²) in [6.45, 7) is 7.74. The Bertz CT molecular complexity index is 1100. The molecule has 3 rings (SSSR count). The molecule has 0 saturated heterocycles. The predicted molar refractivity (Wildman–Crippen MR) is 158 cm³/mol. The summed E-state index contributed by atoms with van der Waals surface area (Å²) in [5, 5.41) is 10.5. The summed E-state index contributed by atoms with van der Waals surface area (Å²) in [4.78, 5) is 60.7. The number of thioether (sulfide) groups is 2. The SMILES string of the molecule is CCCCCCCC(=O)S/C=C/[C@@H]1CC(=O)NCc2nc(cs2)C2=N[C@@](C)(CS2)C(=O)N[C@@H](C(C)C)C(=O)O1. The summed E-state index contributed by atoms with van der Waals surface area (Å²) >= 11 is 3.88. The van der Waals surface area contributed by atoms with Gasteiger partial charge in [-0.1, -0.05) is 58.2 Å². The van der Waals surface area contributed by atoms with Gasteiger partial charge in [-0.25, -0.2) is 9.78 Å². The van der Waals surface area contributed by atoms with Gasteiger partial charge in [0.2, 0.25) is 11.8 Å². The first-order valence-electron chi connectivity index (χ1n) is 13.4. The van der Waals surface area contributed by atoms with E-state index < -0.39 is 23.7 Å². The first-order chi connectivity index (χ1) is 18.6. The molecule has 2 aliphatic rings. The summed E-state index contributed by atoms with van der Waals surface area (Å²) in [5.74, 6) is -1.16. The lowest BCUT2D eigenvalue weighted by Gasteiger charge is -2.27. The number of aliphatic imine (C=N–C) groups is 1. The van der Waals surface area contributed by atoms with Crippen molar-refractivity contribution in [1.29, 1.82) is 0 Å². The van der Waals surface area contributed by atoms with E-state index in [1.807, 2.05) is 19.2 Å². The van der Waals surface area contributed by atoms with Crippen molar-refractivity contribution in [3.05, 3.63) is 27.6 Å². The molecule has 39 heavy (non-hydrogen) atoms. The van der Waals surface area contributed by atoms with E-state index in [2.05, 4.69) is 27.5 Å². The molecule has 0 radical (unpaired) electrons. The molecule has 0 saturated carbocycles. The number of carbonyl (C=O) groups is 4. The average Bonchev–Trinajstić information content (AvgIpc) is 3.52. The van der Waals surface area contributed by atoms with Crippen LogP contribution in [0.4, 0.5) is 0 Å². The minimum absolute atomic E-state index is 0.0289. The molecule has 214 valence electrons. The molecule has 0 aliphatic carbocycles. The third-order valence-corrected chi connectivity index (χ3v) is 9.26. The van der Waals surface area contributed by atoms with Crippen molar-refractivity contribution < 1.29 is 23.9 Å². The van der Waals surface area contributed by atoms with Gasteiger partial charge in [-0.2, -0.15) is 0 Å². The van der Waals surface area contributed by atoms with Gasteiger partial charge in [0.15, 0.2) is 5.12 Å². The Labute approximate surface area is 242 Å². The third kappa shape index (κ3) is 9.46. The summed E-state index contributed by atoms with van der Waals surface area (Å²) in [7, 11) is 0. The van der Waals surface area contributed by atoms with Crippen molar-refractivity contribution in [2.75, 3.05) is 5.75 Å². The van der Waals surface area contributed by atoms with Crippen LogP contribution >= 0.6 is 34.9 Å². The third-order valence-electron chi connectivity index (χ3n) is 6.37. The van der Waals surface area contributed by atoms with E-state index in [0.29, 0.717) is 27.9 Å². The van der Waals surface area contributed by atoms with Gasteiger partial charge in [-0.05, 0) is 30.7 Å². The number of carbonyl (C=O) groups excluding carboxylic acids is 4. The van der Waals surface area contributed by atoms with Crippen LogP contribution in [-0.2, 0) is 30.5 Å². The van der Waals surface area contributed by atoms with Crippen LogP contribution in [0.5, 0.6) is 0 Å². The Hall–Kier alpha value is -2.18. The molecular weight excluding hydrogens is 557 g/mol. The molecule has 2 amide bonds. The number of ether oxygens (including phenoxy) is 1. The number of amides is 2. The number of hydrogen-bond donors (Lipinski definition) is 2. The highest BCUT2D eigenvalue weighted by atomic mass is 32.2. The van der Waals surface area contributed by atoms with Crippen molar-refractivity contribution in [1.82, 2.24) is 15.6 Å². The Balaban J connectivity index is 1.74. The van der Waals surface area contributed by atoms with Crippen LogP contribution in [0.3, 0.4) is 0 Å². The number of hydrogen-bond acceptors (Lipinski definition) is 10. The first-order valence-corrected chi connectivity index (χ1v) is 16.2. The summed E-state index contributed by atoms with van der Waals surface area (Å²) in [6, 6.07) is -0.922. The van der Waals surface area contributed by atoms with Crippen molar-refractivity contribution >= 4 is 62.8 Å². The molecule has 0 unspecified atom stereocenters. The molecule has 2 aliphatic heterocycles. The summed E-state index contributed by atoms with van der Waals surface area (Å²) in [6.07, 6.45) is 6.33. The molecule has 1 aromatic heterocycles. The van der Waals surface area contributed by atoms with Gasteiger partial charge in [0.05, 0.1) is 13.0 Å². The standard InChI is InChI=1S/C27H38N4O5S3/c1-5-6-7-8-9-10-22(33)37-12-11-18-13-20(32)28-14-21-29-19(15-38-21)24-31-27(4,16-39-24)26(35)30-23(17(2)3)25(34)36-18/h11-12,15,17-18,23H,5-10,13-14,16H2,1-4H3,(H,28,32)(H,30,35)/b12-11+/t18-,23+,27+/m1/s1. The van der Waals surface area contributed by atoms with Crippen LogP contribution in [0.2, 0.25) is 0 Å². The van der Waals surface area contributed by atoms with E-state index in [9.17, 15) is 19.2 Å². The second-order valence-electron chi connectivity index (χ2n) is 10.2. The van der Waals surface area contributed by atoms with Crippen LogP contribution in [-0.4, -0.2) is 56.4 Å². The number of cyclic esters (lactones) is 1. The number of thiazole rings is 1. The minimum atomic E-state index is -1.05. The fourth-order valence-electron chi connectivity index (χ4n) is 3.97. The van der Waals surface area contributed by atoms with Crippen molar-refractivity contribution in [3.63, 3.8) is 0 Å². The second-order valence-corrected chi connectivity index (χ2v) is 13.1. The van der Waals surface area contributed by atoms with E-state index >= 15 is 0 Å². The highest BCUT2D eigenvalue weighted by Crippen LogP contribution is 2.32. The minimum Gasteiger partial charge on any atom is -0.456 e. The lowest BCUT2D eigenvalue weighted by Crippen LogP contribution is -2.53. The average molecular weight is 595 g/mol. The molecule has 4 bridgehead atoms. The monoisotopic (exact) mass is 594 g/mol. The normalized spacial score (nSPS) is 24.4. The maximum Gasteiger partial charge on any atom is 0.329 e. The molecule has 3 heterocycles. The molecule has 0 aromatic carbocycles. The van der Waals surface area contributed by atoms with Crippen LogP contribution in [0.25, 0.3) is 0 Å². The smallest absolute Gasteiger partial charge is 0.329 e. The first kappa shape index (κ1) is 31.3. The number of rotatable bonds is 9. The van der Waals surface area contributed by atoms with Crippen molar-refractivity contribution in [2.24, 2.45) is 10.9 Å². The van der Waals surface area contributed by atoms with Gasteiger partial charge < -0.3 is 15.4 Å². The van der Waals surface area contributed by atoms with Crippen LogP contribution < -0.4 is 10.6 Å². The number of aromatic nitrogens is 1. The number of nitrogens with one attached hydrogen (secondary N) is 2. The van der Waals surface area contributed by atoms with Gasteiger partial charge in [-0.15, -0.1) is 23.1 Å². The van der Waals surface area contributed by atoms with Crippen molar-refractivity contribution in [3.8, 4) is 0 Å². The largest absolute Gasteiger partial charge is 0.456 e. The van der Waals surface area contributed by atoms with E-state index in [-0.39, 0.29) is 35.8 Å². The molecule has 2 N–H and O–H groups in total. The zero-order valence-electron chi connectivity index (χ0n) is 23.0. The van der Waals surface area contributed by atoms with Crippen LogP contribution in [0.1, 0.15) is 83.3 Å². The molecule has 3 atom stereocenters. The second kappa shape index (κ2) is 15.0. The number of nitrogens with zero attached hydrogens (tertiary/aromatic N) is 2. The zero-order chi connectivity index (χ0) is 28.4. The van der Waals surface area contributed by atoms with Gasteiger partial charge in [-0.3, -0.25) is 19.4 Å². The molecule has 9 nitrogen and oxygen atoms in total. The van der Waals surface area contributed by atoms with E-state index in [4.69, 9.17) is 4.74 Å². The quantitative estimate of drug-likeness (QED) is 0.314. The Morgan fingerprint density at radius 2 is 2.03 bits per heavy atom. The fourth-order valence-corrected chi connectivity index (χ4v) is 6.56. The van der Waals surface area contributed by atoms with Gasteiger partial charge in [0, 0.05) is 17.6 Å². The fraction of sp³-hybridized carbons (Fsp3) is 0.630. The van der Waals surface area contributed by atoms with Crippen LogP contribution in [0.15, 0.2) is 21.9 Å². The van der Waals surface area contributed by atoms with Gasteiger partial charge in [0.25, 0.3) is 0 Å². The lowest BCUT2D eigenvalue weighted by molar-refractivity contribution is -0.153. The summed E-state index contributed by atoms with van der Waals surface area (Å²) in [5.41, 5.74) is -0.374. The maximum atomic E-state index is 13.3. The Morgan fingerprint density at radius 3 is 2.77 bits per heavy atom. The Morgan fingerprint density at radius 1 is 1.26 bits per heavy atom. The molecule has 12 heteroatoms. The highest BCUT2D eigenvalue weighted by Gasteiger charge is 2.41. The molecule has 1 aromatic rings. The van der Waals surface area contributed by atoms with Crippen LogP contribution in [0, 0.1) is 5.92 Å². The van der Waals surface area contributed by atoms with E-state index in [0.717, 1.165) is 37.4 Å². The van der Waals surface area contributed by atoms with E-state index in [1.54, 1.807) is 18.4 Å².